The summed E-state index contributed by atoms with van der Waals surface area (Å²) in [6, 6.07) is 10.6. The molecule has 9 heteroatoms. The highest BCUT2D eigenvalue weighted by Crippen LogP contribution is 2.34. The lowest BCUT2D eigenvalue weighted by molar-refractivity contribution is -0.118. The van der Waals surface area contributed by atoms with Crippen molar-refractivity contribution in [2.45, 2.75) is 31.6 Å². The average Bonchev–Trinajstić information content (AvgIpc) is 3.27. The van der Waals surface area contributed by atoms with E-state index in [-0.39, 0.29) is 24.1 Å². The molecule has 0 spiro atoms. The fourth-order valence-corrected chi connectivity index (χ4v) is 3.67. The first-order chi connectivity index (χ1) is 14.6. The minimum absolute atomic E-state index is 0.0340. The fraction of sp³-hybridized carbons (Fsp3) is 0.333. The lowest BCUT2D eigenvalue weighted by Gasteiger charge is -2.21. The number of primary amides is 1. The first-order valence-corrected chi connectivity index (χ1v) is 9.79. The van der Waals surface area contributed by atoms with Crippen molar-refractivity contribution in [3.63, 3.8) is 0 Å². The van der Waals surface area contributed by atoms with Gasteiger partial charge in [0, 0.05) is 12.0 Å². The Hall–Kier alpha value is -3.49. The minimum Gasteiger partial charge on any atom is -0.486 e. The molecular weight excluding hydrogens is 389 g/mol. The molecule has 0 fully saturated rings. The number of hydrogen-bond donors (Lipinski definition) is 2. The Morgan fingerprint density at radius 2 is 2.00 bits per heavy atom. The van der Waals surface area contributed by atoms with E-state index in [1.54, 1.807) is 0 Å². The predicted octanol–water partition coefficient (Wildman–Crippen LogP) is 2.76. The van der Waals surface area contributed by atoms with E-state index in [0.717, 1.165) is 16.9 Å². The molecule has 1 atom stereocenters. The molecule has 0 aliphatic carbocycles. The number of carbonyl (C=O) groups excluding carboxylic acids is 1. The molecule has 4 rings (SSSR count). The van der Waals surface area contributed by atoms with Crippen molar-refractivity contribution >= 4 is 5.91 Å². The summed E-state index contributed by atoms with van der Waals surface area (Å²) >= 11 is 0. The van der Waals surface area contributed by atoms with Crippen molar-refractivity contribution in [2.24, 2.45) is 5.73 Å². The number of H-pyrrole nitrogens is 1. The number of nitrogens with two attached hydrogens (primary N) is 1. The highest BCUT2D eigenvalue weighted by molar-refractivity contribution is 5.73. The van der Waals surface area contributed by atoms with E-state index in [9.17, 15) is 9.18 Å². The third-order valence-corrected chi connectivity index (χ3v) is 5.06. The smallest absolute Gasteiger partial charge is 0.217 e. The van der Waals surface area contributed by atoms with Crippen molar-refractivity contribution in [1.82, 2.24) is 20.6 Å². The Balaban J connectivity index is 1.62. The molecule has 1 aromatic heterocycles. The summed E-state index contributed by atoms with van der Waals surface area (Å²) in [5.41, 5.74) is 7.68. The second-order valence-corrected chi connectivity index (χ2v) is 7.25. The Bertz CT molecular complexity index is 1030. The van der Waals surface area contributed by atoms with Crippen molar-refractivity contribution in [3.05, 3.63) is 53.3 Å². The monoisotopic (exact) mass is 411 g/mol. The summed E-state index contributed by atoms with van der Waals surface area (Å²) in [5.74, 6) is 0.996. The predicted molar refractivity (Wildman–Crippen MR) is 106 cm³/mol. The molecule has 1 aliphatic heterocycles. The summed E-state index contributed by atoms with van der Waals surface area (Å²) in [4.78, 5) is 11.2. The Kier molecular flexibility index (Phi) is 5.87. The molecule has 3 aromatic rings. The number of amides is 1. The van der Waals surface area contributed by atoms with Gasteiger partial charge in [-0.25, -0.2) is 4.39 Å². The maximum atomic E-state index is 14.4. The van der Waals surface area contributed by atoms with E-state index in [1.165, 1.54) is 12.1 Å². The number of nitrogens with one attached hydrogen (secondary N) is 1. The van der Waals surface area contributed by atoms with Gasteiger partial charge in [0.15, 0.2) is 11.5 Å². The molecule has 1 aliphatic rings. The molecular formula is C21H22FN5O3. The van der Waals surface area contributed by atoms with Gasteiger partial charge in [-0.1, -0.05) is 6.07 Å². The second kappa shape index (κ2) is 8.89. The molecule has 0 radical (unpaired) electrons. The van der Waals surface area contributed by atoms with Crippen molar-refractivity contribution in [3.8, 4) is 22.9 Å². The first kappa shape index (κ1) is 19.8. The quantitative estimate of drug-likeness (QED) is 0.589. The Morgan fingerprint density at radius 1 is 1.17 bits per heavy atom. The zero-order valence-electron chi connectivity index (χ0n) is 16.3. The number of carbonyl (C=O) groups is 1. The third kappa shape index (κ3) is 4.73. The van der Waals surface area contributed by atoms with Crippen molar-refractivity contribution in [2.75, 3.05) is 13.2 Å². The number of benzene rings is 2. The summed E-state index contributed by atoms with van der Waals surface area (Å²) in [7, 11) is 0. The number of rotatable bonds is 8. The number of hydrogen-bond acceptors (Lipinski definition) is 6. The van der Waals surface area contributed by atoms with Gasteiger partial charge >= 0.3 is 0 Å². The molecule has 0 saturated heterocycles. The summed E-state index contributed by atoms with van der Waals surface area (Å²) in [6.07, 6.45) is 2.21. The van der Waals surface area contributed by atoms with E-state index >= 15 is 0 Å². The lowest BCUT2D eigenvalue weighted by Crippen LogP contribution is -2.15. The van der Waals surface area contributed by atoms with Crippen LogP contribution in [0.2, 0.25) is 0 Å². The van der Waals surface area contributed by atoms with E-state index in [0.29, 0.717) is 49.6 Å². The highest BCUT2D eigenvalue weighted by Gasteiger charge is 2.19. The average molecular weight is 411 g/mol. The summed E-state index contributed by atoms with van der Waals surface area (Å²) < 4.78 is 25.7. The minimum atomic E-state index is -0.380. The molecule has 0 saturated carbocycles. The number of tetrazole rings is 1. The molecule has 1 amide bonds. The lowest BCUT2D eigenvalue weighted by atomic mass is 9.86. The van der Waals surface area contributed by atoms with Gasteiger partial charge in [0.2, 0.25) is 11.7 Å². The maximum Gasteiger partial charge on any atom is 0.217 e. The first-order valence-electron chi connectivity index (χ1n) is 9.79. The SMILES string of the molecule is NC(=O)CCCC(Cc1ccc2c(c1)OCCO2)c1cc(F)cc(-c2nn[nH]n2)c1. The van der Waals surface area contributed by atoms with Gasteiger partial charge in [-0.15, -0.1) is 10.2 Å². The van der Waals surface area contributed by atoms with Crippen LogP contribution in [0.3, 0.4) is 0 Å². The molecule has 2 heterocycles. The van der Waals surface area contributed by atoms with Crippen LogP contribution in [-0.2, 0) is 11.2 Å². The number of nitrogens with zero attached hydrogens (tertiary/aromatic N) is 3. The van der Waals surface area contributed by atoms with Crippen LogP contribution in [0.4, 0.5) is 4.39 Å². The fourth-order valence-electron chi connectivity index (χ4n) is 3.67. The summed E-state index contributed by atoms with van der Waals surface area (Å²) in [5, 5.41) is 13.8. The molecule has 156 valence electrons. The van der Waals surface area contributed by atoms with Crippen LogP contribution in [0, 0.1) is 5.82 Å². The number of aromatic amines is 1. The molecule has 2 aromatic carbocycles. The van der Waals surface area contributed by atoms with Gasteiger partial charge in [-0.2, -0.15) is 5.21 Å². The molecule has 3 N–H and O–H groups in total. The van der Waals surface area contributed by atoms with Crippen LogP contribution in [0.5, 0.6) is 11.5 Å². The molecule has 30 heavy (non-hydrogen) atoms. The van der Waals surface area contributed by atoms with Gasteiger partial charge in [-0.3, -0.25) is 4.79 Å². The van der Waals surface area contributed by atoms with Gasteiger partial charge < -0.3 is 15.2 Å². The second-order valence-electron chi connectivity index (χ2n) is 7.25. The Morgan fingerprint density at radius 3 is 2.77 bits per heavy atom. The molecule has 0 bridgehead atoms. The molecule has 1 unspecified atom stereocenters. The van der Waals surface area contributed by atoms with E-state index in [1.807, 2.05) is 24.3 Å². The zero-order valence-corrected chi connectivity index (χ0v) is 16.3. The molecule has 8 nitrogen and oxygen atoms in total. The van der Waals surface area contributed by atoms with E-state index in [4.69, 9.17) is 15.2 Å². The van der Waals surface area contributed by atoms with Crippen molar-refractivity contribution in [1.29, 1.82) is 0 Å². The highest BCUT2D eigenvalue weighted by atomic mass is 19.1. The number of aromatic nitrogens is 4. The standard InChI is InChI=1S/C21H22FN5O3/c22-17-11-15(10-16(12-17)21-24-26-27-25-21)14(2-1-3-20(23)28)8-13-4-5-18-19(9-13)30-7-6-29-18/h4-5,9-12,14H,1-3,6-8H2,(H2,23,28)(H,24,25,26,27). The van der Waals surface area contributed by atoms with Crippen molar-refractivity contribution < 1.29 is 18.7 Å². The van der Waals surface area contributed by atoms with Crippen LogP contribution >= 0.6 is 0 Å². The number of halogens is 1. The van der Waals surface area contributed by atoms with E-state index < -0.39 is 0 Å². The van der Waals surface area contributed by atoms with Crippen LogP contribution in [0.15, 0.2) is 36.4 Å². The topological polar surface area (TPSA) is 116 Å². The van der Waals surface area contributed by atoms with Gasteiger partial charge in [0.1, 0.15) is 19.0 Å². The van der Waals surface area contributed by atoms with E-state index in [2.05, 4.69) is 20.6 Å². The van der Waals surface area contributed by atoms with Gasteiger partial charge in [0.05, 0.1) is 0 Å². The largest absolute Gasteiger partial charge is 0.486 e. The number of fused-ring (bicyclic) bond motifs is 1. The zero-order chi connectivity index (χ0) is 20.9. The normalized spacial score (nSPS) is 13.8. The summed E-state index contributed by atoms with van der Waals surface area (Å²) in [6.45, 7) is 1.04. The van der Waals surface area contributed by atoms with Crippen LogP contribution in [-0.4, -0.2) is 39.7 Å². The maximum absolute atomic E-state index is 14.4. The Labute approximate surface area is 172 Å². The number of ether oxygens (including phenoxy) is 2. The van der Waals surface area contributed by atoms with Crippen LogP contribution in [0.1, 0.15) is 36.3 Å². The van der Waals surface area contributed by atoms with Gasteiger partial charge in [0.25, 0.3) is 0 Å². The van der Waals surface area contributed by atoms with Gasteiger partial charge in [-0.05, 0) is 71.9 Å². The third-order valence-electron chi connectivity index (χ3n) is 5.06. The van der Waals surface area contributed by atoms with Crippen LogP contribution in [0.25, 0.3) is 11.4 Å². The van der Waals surface area contributed by atoms with Crippen LogP contribution < -0.4 is 15.2 Å².